The molecule has 0 bridgehead atoms. The first-order chi connectivity index (χ1) is 8.51. The van der Waals surface area contributed by atoms with Gasteiger partial charge in [-0.15, -0.1) is 0 Å². The van der Waals surface area contributed by atoms with E-state index in [2.05, 4.69) is 4.99 Å². The van der Waals surface area contributed by atoms with Gasteiger partial charge in [0.05, 0.1) is 17.0 Å². The number of amides is 1. The predicted octanol–water partition coefficient (Wildman–Crippen LogP) is 2.93. The summed E-state index contributed by atoms with van der Waals surface area (Å²) in [7, 11) is 1.49. The SMILES string of the molecule is COc1c(Cl)cc(Cl)cc1/C=C1\SC(N)=NC1=O. The summed E-state index contributed by atoms with van der Waals surface area (Å²) in [6.07, 6.45) is 1.60. The summed E-state index contributed by atoms with van der Waals surface area (Å²) in [5, 5.41) is 1.05. The lowest BCUT2D eigenvalue weighted by atomic mass is 10.2. The summed E-state index contributed by atoms with van der Waals surface area (Å²) in [5.41, 5.74) is 6.07. The molecule has 94 valence electrons. The highest BCUT2D eigenvalue weighted by Gasteiger charge is 2.20. The fourth-order valence-electron chi connectivity index (χ4n) is 1.47. The summed E-state index contributed by atoms with van der Waals surface area (Å²) in [5.74, 6) is 0.0723. The van der Waals surface area contributed by atoms with Gasteiger partial charge in [0.1, 0.15) is 5.75 Å². The third-order valence-electron chi connectivity index (χ3n) is 2.16. The monoisotopic (exact) mass is 302 g/mol. The molecule has 7 heteroatoms. The van der Waals surface area contributed by atoms with E-state index in [-0.39, 0.29) is 11.1 Å². The molecule has 0 aliphatic carbocycles. The number of rotatable bonds is 2. The molecule has 0 atom stereocenters. The molecule has 0 unspecified atom stereocenters. The van der Waals surface area contributed by atoms with Crippen molar-refractivity contribution in [1.82, 2.24) is 0 Å². The topological polar surface area (TPSA) is 64.7 Å². The molecule has 18 heavy (non-hydrogen) atoms. The van der Waals surface area contributed by atoms with Crippen molar-refractivity contribution in [3.8, 4) is 5.75 Å². The van der Waals surface area contributed by atoms with Gasteiger partial charge in [-0.3, -0.25) is 4.79 Å². The average molecular weight is 303 g/mol. The second-order valence-electron chi connectivity index (χ2n) is 3.38. The smallest absolute Gasteiger partial charge is 0.286 e. The molecule has 1 aromatic rings. The van der Waals surface area contributed by atoms with Gasteiger partial charge in [0.25, 0.3) is 5.91 Å². The molecule has 0 spiro atoms. The van der Waals surface area contributed by atoms with Crippen LogP contribution in [0.1, 0.15) is 5.56 Å². The first-order valence-electron chi connectivity index (χ1n) is 4.82. The van der Waals surface area contributed by atoms with Gasteiger partial charge in [-0.1, -0.05) is 23.2 Å². The van der Waals surface area contributed by atoms with Crippen molar-refractivity contribution in [2.75, 3.05) is 7.11 Å². The number of hydrogen-bond acceptors (Lipinski definition) is 4. The number of ether oxygens (including phenoxy) is 1. The maximum absolute atomic E-state index is 11.5. The van der Waals surface area contributed by atoms with Crippen molar-refractivity contribution in [2.45, 2.75) is 0 Å². The number of hydrogen-bond donors (Lipinski definition) is 1. The number of aliphatic imine (C=N–C) groups is 1. The first-order valence-corrected chi connectivity index (χ1v) is 6.39. The normalized spacial score (nSPS) is 17.2. The molecule has 0 fully saturated rings. The van der Waals surface area contributed by atoms with Crippen LogP contribution >= 0.6 is 35.0 Å². The van der Waals surface area contributed by atoms with Crippen molar-refractivity contribution in [3.05, 3.63) is 32.6 Å². The highest BCUT2D eigenvalue weighted by Crippen LogP contribution is 2.35. The molecule has 0 saturated heterocycles. The fourth-order valence-corrected chi connectivity index (χ4v) is 2.73. The van der Waals surface area contributed by atoms with Gasteiger partial charge in [0.15, 0.2) is 5.17 Å². The lowest BCUT2D eigenvalue weighted by Gasteiger charge is -2.08. The van der Waals surface area contributed by atoms with Crippen LogP contribution in [0.25, 0.3) is 6.08 Å². The maximum atomic E-state index is 11.5. The van der Waals surface area contributed by atoms with Gasteiger partial charge in [-0.25, -0.2) is 0 Å². The standard InChI is InChI=1S/C11H8Cl2N2O2S/c1-17-9-5(2-6(12)4-7(9)13)3-8-10(16)15-11(14)18-8/h2-4H,1H3,(H2,14,15,16)/b8-3-. The van der Waals surface area contributed by atoms with Crippen molar-refractivity contribution in [3.63, 3.8) is 0 Å². The van der Waals surface area contributed by atoms with Crippen LogP contribution in [0.2, 0.25) is 10.0 Å². The highest BCUT2D eigenvalue weighted by atomic mass is 35.5. The predicted molar refractivity (Wildman–Crippen MR) is 75.2 cm³/mol. The molecule has 1 aliphatic rings. The van der Waals surface area contributed by atoms with Gasteiger partial charge in [0.2, 0.25) is 0 Å². The van der Waals surface area contributed by atoms with Crippen molar-refractivity contribution >= 4 is 52.1 Å². The Morgan fingerprint density at radius 3 is 2.72 bits per heavy atom. The second-order valence-corrected chi connectivity index (χ2v) is 5.28. The van der Waals surface area contributed by atoms with E-state index < -0.39 is 0 Å². The molecular weight excluding hydrogens is 295 g/mol. The van der Waals surface area contributed by atoms with E-state index in [0.29, 0.717) is 26.3 Å². The molecule has 1 heterocycles. The molecule has 2 N–H and O–H groups in total. The van der Waals surface area contributed by atoms with Crippen LogP contribution in [0.4, 0.5) is 0 Å². The second kappa shape index (κ2) is 5.22. The number of benzene rings is 1. The van der Waals surface area contributed by atoms with E-state index in [1.54, 1.807) is 18.2 Å². The molecule has 1 aliphatic heterocycles. The zero-order valence-corrected chi connectivity index (χ0v) is 11.6. The summed E-state index contributed by atoms with van der Waals surface area (Å²) >= 11 is 13.0. The van der Waals surface area contributed by atoms with Crippen LogP contribution in [0.5, 0.6) is 5.75 Å². The zero-order valence-electron chi connectivity index (χ0n) is 9.24. The highest BCUT2D eigenvalue weighted by molar-refractivity contribution is 8.18. The number of carbonyl (C=O) groups is 1. The van der Waals surface area contributed by atoms with Gasteiger partial charge in [-0.2, -0.15) is 4.99 Å². The lowest BCUT2D eigenvalue weighted by molar-refractivity contribution is -0.113. The first kappa shape index (κ1) is 13.3. The van der Waals surface area contributed by atoms with Gasteiger partial charge >= 0.3 is 0 Å². The minimum atomic E-state index is -0.379. The minimum absolute atomic E-state index is 0.221. The molecule has 0 aromatic heterocycles. The Kier molecular flexibility index (Phi) is 3.85. The molecule has 2 rings (SSSR count). The summed E-state index contributed by atoms with van der Waals surface area (Å²) in [4.78, 5) is 15.5. The van der Waals surface area contributed by atoms with E-state index in [4.69, 9.17) is 33.7 Å². The molecule has 1 amide bonds. The number of carbonyl (C=O) groups excluding carboxylic acids is 1. The van der Waals surface area contributed by atoms with Crippen LogP contribution in [-0.4, -0.2) is 18.2 Å². The van der Waals surface area contributed by atoms with Crippen LogP contribution in [0.15, 0.2) is 22.0 Å². The van der Waals surface area contributed by atoms with E-state index >= 15 is 0 Å². The zero-order chi connectivity index (χ0) is 13.3. The van der Waals surface area contributed by atoms with Gasteiger partial charge < -0.3 is 10.5 Å². The molecular formula is C11H8Cl2N2O2S. The minimum Gasteiger partial charge on any atom is -0.495 e. The number of amidine groups is 1. The molecule has 1 aromatic carbocycles. The summed E-state index contributed by atoms with van der Waals surface area (Å²) in [6, 6.07) is 3.22. The van der Waals surface area contributed by atoms with Gasteiger partial charge in [0, 0.05) is 10.6 Å². The number of methoxy groups -OCH3 is 1. The van der Waals surface area contributed by atoms with E-state index in [1.165, 1.54) is 7.11 Å². The summed E-state index contributed by atoms with van der Waals surface area (Å²) < 4.78 is 5.18. The Balaban J connectivity index is 2.47. The van der Waals surface area contributed by atoms with Gasteiger partial charge in [-0.05, 0) is 30.0 Å². The lowest BCUT2D eigenvalue weighted by Crippen LogP contribution is -2.01. The quantitative estimate of drug-likeness (QED) is 0.853. The number of nitrogens with two attached hydrogens (primary N) is 1. The molecule has 0 saturated carbocycles. The third kappa shape index (κ3) is 2.63. The van der Waals surface area contributed by atoms with Crippen molar-refractivity contribution in [2.24, 2.45) is 10.7 Å². The Morgan fingerprint density at radius 1 is 1.44 bits per heavy atom. The van der Waals surface area contributed by atoms with Crippen LogP contribution < -0.4 is 10.5 Å². The Labute approximate surface area is 118 Å². The fraction of sp³-hybridized carbons (Fsp3) is 0.0909. The number of halogens is 2. The molecule has 0 radical (unpaired) electrons. The van der Waals surface area contributed by atoms with Crippen molar-refractivity contribution < 1.29 is 9.53 Å². The molecule has 4 nitrogen and oxygen atoms in total. The van der Waals surface area contributed by atoms with Crippen molar-refractivity contribution in [1.29, 1.82) is 0 Å². The number of thioether (sulfide) groups is 1. The number of nitrogens with zero attached hydrogens (tertiary/aromatic N) is 1. The third-order valence-corrected chi connectivity index (χ3v) is 3.48. The van der Waals surface area contributed by atoms with E-state index in [1.807, 2.05) is 0 Å². The Hall–Kier alpha value is -1.17. The van der Waals surface area contributed by atoms with Crippen LogP contribution in [-0.2, 0) is 4.79 Å². The van der Waals surface area contributed by atoms with E-state index in [9.17, 15) is 4.79 Å². The summed E-state index contributed by atoms with van der Waals surface area (Å²) in [6.45, 7) is 0. The Morgan fingerprint density at radius 2 is 2.17 bits per heavy atom. The van der Waals surface area contributed by atoms with Crippen LogP contribution in [0.3, 0.4) is 0 Å². The maximum Gasteiger partial charge on any atom is 0.286 e. The largest absolute Gasteiger partial charge is 0.495 e. The van der Waals surface area contributed by atoms with E-state index in [0.717, 1.165) is 11.8 Å². The average Bonchev–Trinajstić information content (AvgIpc) is 2.57. The van der Waals surface area contributed by atoms with Crippen LogP contribution in [0, 0.1) is 0 Å². The Bertz CT molecular complexity index is 585.